The summed E-state index contributed by atoms with van der Waals surface area (Å²) in [5, 5.41) is 4.08. The average molecular weight is 211 g/mol. The van der Waals surface area contributed by atoms with Crippen LogP contribution in [0.1, 0.15) is 18.4 Å². The molecule has 4 heteroatoms. The highest BCUT2D eigenvalue weighted by Gasteiger charge is 2.52. The Morgan fingerprint density at radius 2 is 2.43 bits per heavy atom. The Hall–Kier alpha value is -0.870. The number of thiophene rings is 1. The fourth-order valence-electron chi connectivity index (χ4n) is 1.81. The van der Waals surface area contributed by atoms with Gasteiger partial charge in [0.2, 0.25) is 0 Å². The zero-order chi connectivity index (χ0) is 10.2. The molecule has 1 heterocycles. The summed E-state index contributed by atoms with van der Waals surface area (Å²) in [7, 11) is 1.38. The molecule has 14 heavy (non-hydrogen) atoms. The molecular weight excluding hydrogens is 198 g/mol. The molecule has 1 aromatic rings. The maximum Gasteiger partial charge on any atom is 0.323 e. The molecule has 0 spiro atoms. The van der Waals surface area contributed by atoms with Crippen LogP contribution in [0, 0.1) is 0 Å². The van der Waals surface area contributed by atoms with Crippen molar-refractivity contribution in [2.75, 3.05) is 7.11 Å². The number of esters is 1. The molecule has 76 valence electrons. The van der Waals surface area contributed by atoms with Crippen LogP contribution in [-0.2, 0) is 14.9 Å². The zero-order valence-corrected chi connectivity index (χ0v) is 8.84. The van der Waals surface area contributed by atoms with E-state index in [0.717, 1.165) is 12.8 Å². The Labute approximate surface area is 86.9 Å². The molecule has 3 nitrogen and oxygen atoms in total. The minimum atomic E-state index is -0.512. The van der Waals surface area contributed by atoms with Gasteiger partial charge in [-0.3, -0.25) is 4.79 Å². The molecule has 2 rings (SSSR count). The average Bonchev–Trinajstić information content (AvgIpc) is 2.84. The lowest BCUT2D eigenvalue weighted by Crippen LogP contribution is -2.42. The number of nitrogens with two attached hydrogens (primary N) is 1. The van der Waals surface area contributed by atoms with E-state index < -0.39 is 6.04 Å². The predicted octanol–water partition coefficient (Wildman–Crippen LogP) is 1.28. The van der Waals surface area contributed by atoms with Gasteiger partial charge in [0.05, 0.1) is 7.11 Å². The second-order valence-corrected chi connectivity index (χ2v) is 4.45. The van der Waals surface area contributed by atoms with E-state index in [1.807, 2.05) is 11.4 Å². The first-order valence-electron chi connectivity index (χ1n) is 4.57. The summed E-state index contributed by atoms with van der Waals surface area (Å²) in [5.41, 5.74) is 6.94. The molecule has 1 saturated carbocycles. The van der Waals surface area contributed by atoms with Crippen molar-refractivity contribution >= 4 is 17.3 Å². The summed E-state index contributed by atoms with van der Waals surface area (Å²) < 4.78 is 4.68. The van der Waals surface area contributed by atoms with E-state index in [2.05, 4.69) is 10.1 Å². The van der Waals surface area contributed by atoms with Crippen LogP contribution in [0.5, 0.6) is 0 Å². The third-order valence-electron chi connectivity index (χ3n) is 2.94. The molecule has 0 saturated heterocycles. The van der Waals surface area contributed by atoms with Gasteiger partial charge in [0.1, 0.15) is 6.04 Å². The van der Waals surface area contributed by atoms with E-state index >= 15 is 0 Å². The fourth-order valence-corrected chi connectivity index (χ4v) is 2.58. The molecule has 0 bridgehead atoms. The first-order chi connectivity index (χ1) is 6.70. The van der Waals surface area contributed by atoms with Gasteiger partial charge in [0, 0.05) is 5.41 Å². The molecule has 1 aliphatic carbocycles. The molecule has 0 aromatic carbocycles. The molecule has 1 fully saturated rings. The van der Waals surface area contributed by atoms with Gasteiger partial charge in [-0.1, -0.05) is 0 Å². The molecular formula is C10H13NO2S. The van der Waals surface area contributed by atoms with Crippen LogP contribution in [0.3, 0.4) is 0 Å². The van der Waals surface area contributed by atoms with Crippen molar-refractivity contribution in [3.63, 3.8) is 0 Å². The van der Waals surface area contributed by atoms with Crippen molar-refractivity contribution in [3.05, 3.63) is 22.4 Å². The molecule has 1 aromatic heterocycles. The number of rotatable bonds is 3. The highest BCUT2D eigenvalue weighted by Crippen LogP contribution is 2.51. The summed E-state index contributed by atoms with van der Waals surface area (Å²) in [6.07, 6.45) is 1.97. The van der Waals surface area contributed by atoms with E-state index in [-0.39, 0.29) is 11.4 Å². The second kappa shape index (κ2) is 3.37. The number of ether oxygens (including phenoxy) is 1. The normalized spacial score (nSPS) is 20.1. The van der Waals surface area contributed by atoms with E-state index in [1.165, 1.54) is 12.7 Å². The maximum absolute atomic E-state index is 11.3. The lowest BCUT2D eigenvalue weighted by atomic mass is 9.91. The molecule has 2 N–H and O–H groups in total. The van der Waals surface area contributed by atoms with Gasteiger partial charge in [0.15, 0.2) is 0 Å². The summed E-state index contributed by atoms with van der Waals surface area (Å²) >= 11 is 1.64. The Bertz CT molecular complexity index is 330. The predicted molar refractivity (Wildman–Crippen MR) is 55.2 cm³/mol. The molecule has 0 radical (unpaired) electrons. The van der Waals surface area contributed by atoms with E-state index in [9.17, 15) is 4.79 Å². The monoisotopic (exact) mass is 211 g/mol. The van der Waals surface area contributed by atoms with Crippen molar-refractivity contribution in [1.29, 1.82) is 0 Å². The van der Waals surface area contributed by atoms with Crippen molar-refractivity contribution in [3.8, 4) is 0 Å². The van der Waals surface area contributed by atoms with Gasteiger partial charge in [-0.25, -0.2) is 0 Å². The summed E-state index contributed by atoms with van der Waals surface area (Å²) in [4.78, 5) is 11.3. The summed E-state index contributed by atoms with van der Waals surface area (Å²) in [6.45, 7) is 0. The first-order valence-corrected chi connectivity index (χ1v) is 5.51. The van der Waals surface area contributed by atoms with Crippen molar-refractivity contribution < 1.29 is 9.53 Å². The van der Waals surface area contributed by atoms with Crippen LogP contribution < -0.4 is 5.73 Å². The Morgan fingerprint density at radius 1 is 1.71 bits per heavy atom. The smallest absolute Gasteiger partial charge is 0.323 e. The van der Waals surface area contributed by atoms with E-state index in [0.29, 0.717) is 0 Å². The number of carbonyl (C=O) groups excluding carboxylic acids is 1. The lowest BCUT2D eigenvalue weighted by molar-refractivity contribution is -0.143. The zero-order valence-electron chi connectivity index (χ0n) is 8.03. The van der Waals surface area contributed by atoms with Gasteiger partial charge < -0.3 is 10.5 Å². The van der Waals surface area contributed by atoms with Gasteiger partial charge >= 0.3 is 5.97 Å². The van der Waals surface area contributed by atoms with Crippen molar-refractivity contribution in [1.82, 2.24) is 0 Å². The van der Waals surface area contributed by atoms with Crippen molar-refractivity contribution in [2.45, 2.75) is 24.3 Å². The van der Waals surface area contributed by atoms with Crippen LogP contribution in [0.4, 0.5) is 0 Å². The van der Waals surface area contributed by atoms with Crippen molar-refractivity contribution in [2.24, 2.45) is 5.73 Å². The highest BCUT2D eigenvalue weighted by molar-refractivity contribution is 7.08. The maximum atomic E-state index is 11.3. The van der Waals surface area contributed by atoms with Crippen LogP contribution >= 0.6 is 11.3 Å². The number of carbonyl (C=O) groups is 1. The van der Waals surface area contributed by atoms with Crippen LogP contribution in [0.2, 0.25) is 0 Å². The molecule has 1 unspecified atom stereocenters. The van der Waals surface area contributed by atoms with Gasteiger partial charge in [-0.2, -0.15) is 11.3 Å². The number of hydrogen-bond acceptors (Lipinski definition) is 4. The highest BCUT2D eigenvalue weighted by atomic mass is 32.1. The number of hydrogen-bond donors (Lipinski definition) is 1. The van der Waals surface area contributed by atoms with Crippen LogP contribution in [0.15, 0.2) is 16.8 Å². The Morgan fingerprint density at radius 3 is 2.86 bits per heavy atom. The third kappa shape index (κ3) is 1.35. The fraction of sp³-hybridized carbons (Fsp3) is 0.500. The van der Waals surface area contributed by atoms with Gasteiger partial charge in [0.25, 0.3) is 0 Å². The molecule has 1 atom stereocenters. The topological polar surface area (TPSA) is 52.3 Å². The van der Waals surface area contributed by atoms with Crippen LogP contribution in [0.25, 0.3) is 0 Å². The standard InChI is InChI=1S/C10H13NO2S/c1-13-9(12)8(11)10(3-4-10)7-2-5-14-6-7/h2,5-6,8H,3-4,11H2,1H3. The SMILES string of the molecule is COC(=O)C(N)C1(c2ccsc2)CC1. The molecule has 0 amide bonds. The second-order valence-electron chi connectivity index (χ2n) is 3.67. The van der Waals surface area contributed by atoms with Crippen LogP contribution in [-0.4, -0.2) is 19.1 Å². The summed E-state index contributed by atoms with van der Waals surface area (Å²) in [6, 6.07) is 1.53. The summed E-state index contributed by atoms with van der Waals surface area (Å²) in [5.74, 6) is -0.311. The Balaban J connectivity index is 2.21. The lowest BCUT2D eigenvalue weighted by Gasteiger charge is -2.19. The quantitative estimate of drug-likeness (QED) is 0.766. The van der Waals surface area contributed by atoms with E-state index in [4.69, 9.17) is 5.73 Å². The minimum absolute atomic E-state index is 0.132. The van der Waals surface area contributed by atoms with Gasteiger partial charge in [-0.15, -0.1) is 0 Å². The molecule has 1 aliphatic rings. The number of methoxy groups -OCH3 is 1. The molecule has 0 aliphatic heterocycles. The Kier molecular flexibility index (Phi) is 2.33. The minimum Gasteiger partial charge on any atom is -0.468 e. The third-order valence-corrected chi connectivity index (χ3v) is 3.62. The van der Waals surface area contributed by atoms with Gasteiger partial charge in [-0.05, 0) is 35.2 Å². The first kappa shape index (κ1) is 9.68. The largest absolute Gasteiger partial charge is 0.468 e. The van der Waals surface area contributed by atoms with E-state index in [1.54, 1.807) is 11.3 Å².